The molecule has 0 aromatic carbocycles. The van der Waals surface area contributed by atoms with Crippen LogP contribution in [0, 0.1) is 5.92 Å². The van der Waals surface area contributed by atoms with Gasteiger partial charge in [0.25, 0.3) is 0 Å². The molecule has 0 spiro atoms. The lowest BCUT2D eigenvalue weighted by Crippen LogP contribution is -2.26. The van der Waals surface area contributed by atoms with Gasteiger partial charge in [0, 0.05) is 6.04 Å². The van der Waals surface area contributed by atoms with Crippen LogP contribution in [0.3, 0.4) is 0 Å². The van der Waals surface area contributed by atoms with E-state index in [1.54, 1.807) is 0 Å². The largest absolute Gasteiger partial charge is 0.327 e. The smallest absolute Gasteiger partial charge is 0.152 e. The van der Waals surface area contributed by atoms with E-state index in [0.717, 1.165) is 0 Å². The first-order chi connectivity index (χ1) is 4.01. The zero-order valence-electron chi connectivity index (χ0n) is 5.37. The average molecular weight is 149 g/mol. The van der Waals surface area contributed by atoms with Crippen molar-refractivity contribution in [3.8, 4) is 0 Å². The molecule has 0 amide bonds. The summed E-state index contributed by atoms with van der Waals surface area (Å²) in [6, 6.07) is -0.130. The lowest BCUT2D eigenvalue weighted by Gasteiger charge is -2.02. The van der Waals surface area contributed by atoms with Crippen molar-refractivity contribution >= 4 is 9.84 Å². The highest BCUT2D eigenvalue weighted by molar-refractivity contribution is 7.91. The van der Waals surface area contributed by atoms with Gasteiger partial charge in [0.05, 0.1) is 11.5 Å². The van der Waals surface area contributed by atoms with E-state index in [2.05, 4.69) is 0 Å². The van der Waals surface area contributed by atoms with Gasteiger partial charge in [0.1, 0.15) is 0 Å². The second-order valence-corrected chi connectivity index (χ2v) is 4.87. The zero-order chi connectivity index (χ0) is 7.07. The molecule has 4 heteroatoms. The first kappa shape index (κ1) is 7.02. The van der Waals surface area contributed by atoms with Crippen LogP contribution in [0.2, 0.25) is 0 Å². The number of sulfone groups is 1. The Balaban J connectivity index is 2.77. The van der Waals surface area contributed by atoms with Gasteiger partial charge in [-0.2, -0.15) is 0 Å². The van der Waals surface area contributed by atoms with Gasteiger partial charge in [-0.15, -0.1) is 0 Å². The summed E-state index contributed by atoms with van der Waals surface area (Å²) < 4.78 is 21.5. The second kappa shape index (κ2) is 1.95. The minimum Gasteiger partial charge on any atom is -0.327 e. The lowest BCUT2D eigenvalue weighted by molar-refractivity contribution is 0.566. The SMILES string of the molecule is CC1CS(=O)(=O)CC1N. The highest BCUT2D eigenvalue weighted by Gasteiger charge is 2.31. The zero-order valence-corrected chi connectivity index (χ0v) is 6.19. The topological polar surface area (TPSA) is 60.2 Å². The molecule has 2 atom stereocenters. The van der Waals surface area contributed by atoms with E-state index in [1.807, 2.05) is 6.92 Å². The molecular weight excluding hydrogens is 138 g/mol. The molecule has 0 aliphatic carbocycles. The molecular formula is C5H11NO2S. The molecule has 3 nitrogen and oxygen atoms in total. The van der Waals surface area contributed by atoms with Gasteiger partial charge in [-0.25, -0.2) is 8.42 Å². The number of nitrogens with two attached hydrogens (primary N) is 1. The van der Waals surface area contributed by atoms with E-state index in [0.29, 0.717) is 0 Å². The molecule has 2 N–H and O–H groups in total. The van der Waals surface area contributed by atoms with Crippen molar-refractivity contribution in [3.05, 3.63) is 0 Å². The van der Waals surface area contributed by atoms with Crippen molar-refractivity contribution in [2.75, 3.05) is 11.5 Å². The molecule has 1 rings (SSSR count). The fourth-order valence-electron chi connectivity index (χ4n) is 1.05. The third-order valence-corrected chi connectivity index (χ3v) is 3.62. The van der Waals surface area contributed by atoms with E-state index in [9.17, 15) is 8.42 Å². The van der Waals surface area contributed by atoms with Crippen LogP contribution in [-0.2, 0) is 9.84 Å². The minimum atomic E-state index is -2.77. The summed E-state index contributed by atoms with van der Waals surface area (Å²) in [6.07, 6.45) is 0. The normalized spacial score (nSPS) is 41.1. The predicted octanol–water partition coefficient (Wildman–Crippen LogP) is -0.622. The van der Waals surface area contributed by atoms with Gasteiger partial charge in [-0.3, -0.25) is 0 Å². The van der Waals surface area contributed by atoms with E-state index >= 15 is 0 Å². The van der Waals surface area contributed by atoms with Crippen LogP contribution < -0.4 is 5.73 Å². The monoisotopic (exact) mass is 149 g/mol. The fraction of sp³-hybridized carbons (Fsp3) is 1.00. The van der Waals surface area contributed by atoms with Crippen molar-refractivity contribution in [2.45, 2.75) is 13.0 Å². The van der Waals surface area contributed by atoms with E-state index < -0.39 is 9.84 Å². The van der Waals surface area contributed by atoms with Crippen LogP contribution in [0.4, 0.5) is 0 Å². The van der Waals surface area contributed by atoms with E-state index in [-0.39, 0.29) is 23.5 Å². The molecule has 0 aromatic heterocycles. The Hall–Kier alpha value is -0.0900. The first-order valence-corrected chi connectivity index (χ1v) is 4.79. The van der Waals surface area contributed by atoms with E-state index in [4.69, 9.17) is 5.73 Å². The summed E-state index contributed by atoms with van der Waals surface area (Å²) in [6.45, 7) is 1.87. The van der Waals surface area contributed by atoms with E-state index in [1.165, 1.54) is 0 Å². The number of rotatable bonds is 0. The van der Waals surface area contributed by atoms with Gasteiger partial charge in [-0.05, 0) is 5.92 Å². The van der Waals surface area contributed by atoms with Crippen molar-refractivity contribution < 1.29 is 8.42 Å². The molecule has 1 saturated heterocycles. The summed E-state index contributed by atoms with van der Waals surface area (Å²) in [7, 11) is -2.77. The Labute approximate surface area is 55.2 Å². The molecule has 9 heavy (non-hydrogen) atoms. The number of hydrogen-bond donors (Lipinski definition) is 1. The second-order valence-electron chi connectivity index (χ2n) is 2.72. The third kappa shape index (κ3) is 1.43. The van der Waals surface area contributed by atoms with Crippen LogP contribution in [0.25, 0.3) is 0 Å². The highest BCUT2D eigenvalue weighted by Crippen LogP contribution is 2.15. The maximum atomic E-state index is 10.8. The Bertz CT molecular complexity index is 181. The molecule has 0 saturated carbocycles. The highest BCUT2D eigenvalue weighted by atomic mass is 32.2. The number of hydrogen-bond acceptors (Lipinski definition) is 3. The summed E-state index contributed by atoms with van der Waals surface area (Å²) in [5.74, 6) is 0.595. The summed E-state index contributed by atoms with van der Waals surface area (Å²) in [5.41, 5.74) is 5.47. The molecule has 1 heterocycles. The van der Waals surface area contributed by atoms with Crippen LogP contribution in [0.15, 0.2) is 0 Å². The maximum Gasteiger partial charge on any atom is 0.152 e. The lowest BCUT2D eigenvalue weighted by atomic mass is 10.1. The molecule has 1 aliphatic rings. The van der Waals surface area contributed by atoms with Crippen molar-refractivity contribution in [3.63, 3.8) is 0 Å². The Kier molecular flexibility index (Phi) is 1.52. The van der Waals surface area contributed by atoms with Gasteiger partial charge < -0.3 is 5.73 Å². The summed E-state index contributed by atoms with van der Waals surface area (Å²) >= 11 is 0. The summed E-state index contributed by atoms with van der Waals surface area (Å²) in [5, 5.41) is 0. The van der Waals surface area contributed by atoms with Gasteiger partial charge >= 0.3 is 0 Å². The van der Waals surface area contributed by atoms with Crippen molar-refractivity contribution in [2.24, 2.45) is 11.7 Å². The van der Waals surface area contributed by atoms with Crippen LogP contribution in [-0.4, -0.2) is 26.0 Å². The van der Waals surface area contributed by atoms with Crippen LogP contribution in [0.1, 0.15) is 6.92 Å². The molecule has 54 valence electrons. The first-order valence-electron chi connectivity index (χ1n) is 2.97. The Morgan fingerprint density at radius 1 is 1.44 bits per heavy atom. The minimum absolute atomic E-state index is 0.130. The van der Waals surface area contributed by atoms with Gasteiger partial charge in [0.15, 0.2) is 9.84 Å². The molecule has 0 aromatic rings. The van der Waals surface area contributed by atoms with Gasteiger partial charge in [0.2, 0.25) is 0 Å². The van der Waals surface area contributed by atoms with Gasteiger partial charge in [-0.1, -0.05) is 6.92 Å². The average Bonchev–Trinajstić information content (AvgIpc) is 1.79. The molecule has 0 radical (unpaired) electrons. The quantitative estimate of drug-likeness (QED) is 0.499. The van der Waals surface area contributed by atoms with Crippen molar-refractivity contribution in [1.82, 2.24) is 0 Å². The molecule has 1 fully saturated rings. The molecule has 1 aliphatic heterocycles. The van der Waals surface area contributed by atoms with Crippen LogP contribution >= 0.6 is 0 Å². The predicted molar refractivity (Wildman–Crippen MR) is 35.8 cm³/mol. The fourth-order valence-corrected chi connectivity index (χ4v) is 3.15. The molecule has 0 bridgehead atoms. The molecule has 2 unspecified atom stereocenters. The Morgan fingerprint density at radius 2 is 2.00 bits per heavy atom. The Morgan fingerprint density at radius 3 is 2.11 bits per heavy atom. The van der Waals surface area contributed by atoms with Crippen LogP contribution in [0.5, 0.6) is 0 Å². The summed E-state index contributed by atoms with van der Waals surface area (Å²) in [4.78, 5) is 0. The maximum absolute atomic E-state index is 10.8. The third-order valence-electron chi connectivity index (χ3n) is 1.69. The van der Waals surface area contributed by atoms with Crippen molar-refractivity contribution in [1.29, 1.82) is 0 Å². The standard InChI is InChI=1S/C5H11NO2S/c1-4-2-9(7,8)3-5(4)6/h4-5H,2-3,6H2,1H3.